The molecule has 1 aliphatic rings. The number of aryl methyl sites for hydroxylation is 1. The Labute approximate surface area is 114 Å². The van der Waals surface area contributed by atoms with Crippen LogP contribution in [0.5, 0.6) is 0 Å². The van der Waals surface area contributed by atoms with Crippen molar-refractivity contribution in [2.45, 2.75) is 6.04 Å². The first-order valence-electron chi connectivity index (χ1n) is 5.97. The molecule has 1 atom stereocenters. The van der Waals surface area contributed by atoms with Crippen molar-refractivity contribution in [2.24, 2.45) is 7.05 Å². The second kappa shape index (κ2) is 4.85. The van der Waals surface area contributed by atoms with Gasteiger partial charge in [0, 0.05) is 25.1 Å². The molecule has 2 aromatic heterocycles. The van der Waals surface area contributed by atoms with Crippen molar-refractivity contribution < 1.29 is 4.74 Å². The van der Waals surface area contributed by atoms with E-state index in [1.807, 2.05) is 30.2 Å². The lowest BCUT2D eigenvalue weighted by atomic mass is 10.2. The molecule has 96 valence electrons. The molecule has 1 aliphatic heterocycles. The van der Waals surface area contributed by atoms with Gasteiger partial charge in [-0.1, -0.05) is 15.9 Å². The fourth-order valence-corrected chi connectivity index (χ4v) is 2.86. The van der Waals surface area contributed by atoms with E-state index in [9.17, 15) is 0 Å². The number of pyridine rings is 1. The Balaban J connectivity index is 2.07. The van der Waals surface area contributed by atoms with Gasteiger partial charge in [-0.3, -0.25) is 0 Å². The SMILES string of the molecule is Cn1cnc2c(N3CCOCC3CBr)nccc21. The van der Waals surface area contributed by atoms with Crippen molar-refractivity contribution >= 4 is 32.8 Å². The van der Waals surface area contributed by atoms with Crippen molar-refractivity contribution in [3.63, 3.8) is 0 Å². The van der Waals surface area contributed by atoms with Crippen LogP contribution in [0.1, 0.15) is 0 Å². The van der Waals surface area contributed by atoms with Crippen LogP contribution in [0.2, 0.25) is 0 Å². The standard InChI is InChI=1S/C12H15BrN4O/c1-16-8-15-11-10(16)2-3-14-12(11)17-4-5-18-7-9(17)6-13/h2-3,8-9H,4-7H2,1H3. The van der Waals surface area contributed by atoms with Gasteiger partial charge in [-0.15, -0.1) is 0 Å². The fourth-order valence-electron chi connectivity index (χ4n) is 2.32. The van der Waals surface area contributed by atoms with Gasteiger partial charge in [0.05, 0.1) is 31.1 Å². The van der Waals surface area contributed by atoms with E-state index in [-0.39, 0.29) is 0 Å². The first-order valence-corrected chi connectivity index (χ1v) is 7.10. The van der Waals surface area contributed by atoms with E-state index in [0.717, 1.165) is 41.9 Å². The molecule has 0 N–H and O–H groups in total. The molecule has 0 bridgehead atoms. The zero-order valence-corrected chi connectivity index (χ0v) is 11.8. The van der Waals surface area contributed by atoms with Gasteiger partial charge in [0.1, 0.15) is 5.52 Å². The van der Waals surface area contributed by atoms with Crippen LogP contribution in [0.4, 0.5) is 5.82 Å². The number of anilines is 1. The first kappa shape index (κ1) is 11.9. The average molecular weight is 311 g/mol. The molecular formula is C12H15BrN4O. The van der Waals surface area contributed by atoms with Crippen LogP contribution >= 0.6 is 15.9 Å². The number of imidazole rings is 1. The molecule has 1 unspecified atom stereocenters. The smallest absolute Gasteiger partial charge is 0.157 e. The highest BCUT2D eigenvalue weighted by Gasteiger charge is 2.25. The van der Waals surface area contributed by atoms with Gasteiger partial charge in [0.2, 0.25) is 0 Å². The highest BCUT2D eigenvalue weighted by atomic mass is 79.9. The first-order chi connectivity index (χ1) is 8.81. The van der Waals surface area contributed by atoms with E-state index >= 15 is 0 Å². The molecule has 18 heavy (non-hydrogen) atoms. The average Bonchev–Trinajstić information content (AvgIpc) is 2.81. The number of rotatable bonds is 2. The van der Waals surface area contributed by atoms with Crippen LogP contribution in [0.15, 0.2) is 18.6 Å². The van der Waals surface area contributed by atoms with Gasteiger partial charge in [0.25, 0.3) is 0 Å². The minimum Gasteiger partial charge on any atom is -0.377 e. The summed E-state index contributed by atoms with van der Waals surface area (Å²) in [6.45, 7) is 2.34. The van der Waals surface area contributed by atoms with Crippen LogP contribution in [0, 0.1) is 0 Å². The Hall–Kier alpha value is -1.14. The summed E-state index contributed by atoms with van der Waals surface area (Å²) >= 11 is 3.54. The minimum atomic E-state index is 0.318. The molecule has 3 heterocycles. The third-order valence-electron chi connectivity index (χ3n) is 3.30. The maximum absolute atomic E-state index is 5.52. The Morgan fingerprint density at radius 3 is 3.22 bits per heavy atom. The predicted molar refractivity (Wildman–Crippen MR) is 74.3 cm³/mol. The molecule has 0 aromatic carbocycles. The molecule has 6 heteroatoms. The number of ether oxygens (including phenoxy) is 1. The van der Waals surface area contributed by atoms with Crippen LogP contribution < -0.4 is 4.90 Å². The van der Waals surface area contributed by atoms with Gasteiger partial charge >= 0.3 is 0 Å². The van der Waals surface area contributed by atoms with Crippen molar-refractivity contribution in [3.05, 3.63) is 18.6 Å². The normalized spacial score (nSPS) is 20.6. The molecule has 0 radical (unpaired) electrons. The Morgan fingerprint density at radius 1 is 1.50 bits per heavy atom. The van der Waals surface area contributed by atoms with E-state index < -0.39 is 0 Å². The summed E-state index contributed by atoms with van der Waals surface area (Å²) in [6, 6.07) is 2.31. The van der Waals surface area contributed by atoms with Crippen LogP contribution in [-0.2, 0) is 11.8 Å². The second-order valence-corrected chi connectivity index (χ2v) is 5.08. The van der Waals surface area contributed by atoms with Crippen LogP contribution in [-0.4, -0.2) is 45.7 Å². The van der Waals surface area contributed by atoms with Crippen molar-refractivity contribution in [2.75, 3.05) is 30.0 Å². The number of alkyl halides is 1. The predicted octanol–water partition coefficient (Wildman–Crippen LogP) is 1.57. The summed E-state index contributed by atoms with van der Waals surface area (Å²) < 4.78 is 7.53. The minimum absolute atomic E-state index is 0.318. The lowest BCUT2D eigenvalue weighted by Gasteiger charge is -2.35. The van der Waals surface area contributed by atoms with E-state index in [1.165, 1.54) is 0 Å². The largest absolute Gasteiger partial charge is 0.377 e. The highest BCUT2D eigenvalue weighted by Crippen LogP contribution is 2.26. The number of aromatic nitrogens is 3. The van der Waals surface area contributed by atoms with Crippen molar-refractivity contribution in [1.82, 2.24) is 14.5 Å². The molecule has 2 aromatic rings. The Bertz CT molecular complexity index is 556. The summed E-state index contributed by atoms with van der Waals surface area (Å²) in [7, 11) is 2.00. The van der Waals surface area contributed by atoms with E-state index in [2.05, 4.69) is 30.8 Å². The molecular weight excluding hydrogens is 296 g/mol. The fraction of sp³-hybridized carbons (Fsp3) is 0.500. The third-order valence-corrected chi connectivity index (χ3v) is 4.05. The Morgan fingerprint density at radius 2 is 2.39 bits per heavy atom. The second-order valence-electron chi connectivity index (χ2n) is 4.43. The van der Waals surface area contributed by atoms with Crippen molar-refractivity contribution in [3.8, 4) is 0 Å². The zero-order valence-electron chi connectivity index (χ0n) is 10.2. The van der Waals surface area contributed by atoms with Crippen LogP contribution in [0.25, 0.3) is 11.0 Å². The molecule has 0 saturated carbocycles. The summed E-state index contributed by atoms with van der Waals surface area (Å²) in [5, 5.41) is 0.873. The monoisotopic (exact) mass is 310 g/mol. The molecule has 3 rings (SSSR count). The van der Waals surface area contributed by atoms with E-state index in [1.54, 1.807) is 0 Å². The topological polar surface area (TPSA) is 43.2 Å². The number of hydrogen-bond donors (Lipinski definition) is 0. The van der Waals surface area contributed by atoms with Gasteiger partial charge < -0.3 is 14.2 Å². The maximum Gasteiger partial charge on any atom is 0.157 e. The quantitative estimate of drug-likeness (QED) is 0.790. The van der Waals surface area contributed by atoms with Gasteiger partial charge in [-0.25, -0.2) is 9.97 Å². The summed E-state index contributed by atoms with van der Waals surface area (Å²) in [4.78, 5) is 11.3. The maximum atomic E-state index is 5.52. The summed E-state index contributed by atoms with van der Waals surface area (Å²) in [6.07, 6.45) is 3.68. The molecule has 1 fully saturated rings. The number of morpholine rings is 1. The van der Waals surface area contributed by atoms with E-state index in [4.69, 9.17) is 4.74 Å². The number of fused-ring (bicyclic) bond motifs is 1. The summed E-state index contributed by atoms with van der Waals surface area (Å²) in [5.74, 6) is 0.959. The Kier molecular flexibility index (Phi) is 3.22. The number of hydrogen-bond acceptors (Lipinski definition) is 4. The molecule has 0 amide bonds. The molecule has 1 saturated heterocycles. The molecule has 5 nitrogen and oxygen atoms in total. The van der Waals surface area contributed by atoms with Crippen LogP contribution in [0.3, 0.4) is 0 Å². The lowest BCUT2D eigenvalue weighted by molar-refractivity contribution is 0.100. The molecule has 0 spiro atoms. The van der Waals surface area contributed by atoms with Gasteiger partial charge in [-0.2, -0.15) is 0 Å². The highest BCUT2D eigenvalue weighted by molar-refractivity contribution is 9.09. The number of halogens is 1. The zero-order chi connectivity index (χ0) is 12.5. The van der Waals surface area contributed by atoms with E-state index in [0.29, 0.717) is 6.04 Å². The molecule has 0 aliphatic carbocycles. The number of nitrogens with zero attached hydrogens (tertiary/aromatic N) is 4. The van der Waals surface area contributed by atoms with Crippen molar-refractivity contribution in [1.29, 1.82) is 0 Å². The lowest BCUT2D eigenvalue weighted by Crippen LogP contribution is -2.47. The van der Waals surface area contributed by atoms with Gasteiger partial charge in [-0.05, 0) is 6.07 Å². The van der Waals surface area contributed by atoms with Gasteiger partial charge in [0.15, 0.2) is 5.82 Å². The third kappa shape index (κ3) is 1.89. The summed E-state index contributed by atoms with van der Waals surface area (Å²) in [5.41, 5.74) is 2.08.